The maximum atomic E-state index is 2.38. The molecule has 15 heavy (non-hydrogen) atoms. The summed E-state index contributed by atoms with van der Waals surface area (Å²) < 4.78 is 0. The molecule has 1 aliphatic carbocycles. The van der Waals surface area contributed by atoms with Crippen LogP contribution >= 0.6 is 0 Å². The summed E-state index contributed by atoms with van der Waals surface area (Å²) in [6.45, 7) is 4.50. The van der Waals surface area contributed by atoms with Crippen molar-refractivity contribution in [1.29, 1.82) is 0 Å². The molecule has 1 aliphatic rings. The number of hydrogen-bond donors (Lipinski definition) is 0. The Hall–Kier alpha value is -1.24. The van der Waals surface area contributed by atoms with E-state index in [0.29, 0.717) is 5.92 Å². The first-order chi connectivity index (χ1) is 7.09. The number of fused-ring (bicyclic) bond motifs is 1. The second-order valence-corrected chi connectivity index (χ2v) is 4.73. The molecule has 0 N–H and O–H groups in total. The molecule has 0 heterocycles. The number of nitrogens with zero attached hydrogens (tertiary/aromatic N) is 1. The Morgan fingerprint density at radius 2 is 2.00 bits per heavy atom. The molecule has 0 saturated heterocycles. The number of allylic oxidation sites excluding steroid dienone is 1. The highest BCUT2D eigenvalue weighted by molar-refractivity contribution is 5.70. The predicted octanol–water partition coefficient (Wildman–Crippen LogP) is 3.09. The molecule has 0 amide bonds. The molecule has 1 aromatic carbocycles. The summed E-state index contributed by atoms with van der Waals surface area (Å²) in [5.41, 5.74) is 5.73. The van der Waals surface area contributed by atoms with Crippen molar-refractivity contribution in [1.82, 2.24) is 4.90 Å². The van der Waals surface area contributed by atoms with Crippen LogP contribution in [0, 0.1) is 12.8 Å². The summed E-state index contributed by atoms with van der Waals surface area (Å²) in [6, 6.07) is 6.60. The van der Waals surface area contributed by atoms with E-state index in [1.807, 2.05) is 0 Å². The number of rotatable bonds is 1. The standard InChI is InChI=1S/C14H19N/c1-10-8-13-11(2)6-5-7-12(13)14(9-10)15(3)4/h5-7,9-10H,8H2,1-4H3. The lowest BCUT2D eigenvalue weighted by atomic mass is 9.85. The first kappa shape index (κ1) is 10.3. The lowest BCUT2D eigenvalue weighted by Gasteiger charge is -2.28. The van der Waals surface area contributed by atoms with Gasteiger partial charge in [0.2, 0.25) is 0 Å². The Labute approximate surface area is 92.4 Å². The number of hydrogen-bond acceptors (Lipinski definition) is 1. The predicted molar refractivity (Wildman–Crippen MR) is 65.7 cm³/mol. The fraction of sp³-hybridized carbons (Fsp3) is 0.429. The molecule has 0 spiro atoms. The average molecular weight is 201 g/mol. The zero-order chi connectivity index (χ0) is 11.0. The third kappa shape index (κ3) is 1.79. The molecule has 80 valence electrons. The van der Waals surface area contributed by atoms with Gasteiger partial charge in [0.15, 0.2) is 0 Å². The molecule has 0 fully saturated rings. The van der Waals surface area contributed by atoms with Crippen LogP contribution in [0.1, 0.15) is 23.6 Å². The molecule has 1 aromatic rings. The summed E-state index contributed by atoms with van der Waals surface area (Å²) in [5, 5.41) is 0. The van der Waals surface area contributed by atoms with Gasteiger partial charge in [-0.3, -0.25) is 0 Å². The number of aryl methyl sites for hydroxylation is 1. The number of benzene rings is 1. The minimum Gasteiger partial charge on any atom is -0.377 e. The van der Waals surface area contributed by atoms with Gasteiger partial charge in [-0.25, -0.2) is 0 Å². The van der Waals surface area contributed by atoms with Crippen LogP contribution in [0.2, 0.25) is 0 Å². The molecule has 0 bridgehead atoms. The molecule has 1 atom stereocenters. The van der Waals surface area contributed by atoms with Crippen molar-refractivity contribution in [3.8, 4) is 0 Å². The van der Waals surface area contributed by atoms with Gasteiger partial charge < -0.3 is 4.90 Å². The van der Waals surface area contributed by atoms with Crippen molar-refractivity contribution in [2.24, 2.45) is 5.92 Å². The van der Waals surface area contributed by atoms with Crippen LogP contribution in [-0.4, -0.2) is 19.0 Å². The van der Waals surface area contributed by atoms with Gasteiger partial charge in [0.1, 0.15) is 0 Å². The van der Waals surface area contributed by atoms with E-state index in [1.165, 1.54) is 28.8 Å². The minimum absolute atomic E-state index is 0.649. The summed E-state index contributed by atoms with van der Waals surface area (Å²) in [7, 11) is 4.24. The van der Waals surface area contributed by atoms with Crippen LogP contribution < -0.4 is 0 Å². The van der Waals surface area contributed by atoms with Crippen LogP contribution in [0.15, 0.2) is 24.3 Å². The molecule has 2 rings (SSSR count). The van der Waals surface area contributed by atoms with Gasteiger partial charge in [-0.1, -0.05) is 31.2 Å². The van der Waals surface area contributed by atoms with Crippen molar-refractivity contribution in [2.75, 3.05) is 14.1 Å². The second kappa shape index (κ2) is 3.73. The van der Waals surface area contributed by atoms with Crippen molar-refractivity contribution in [3.63, 3.8) is 0 Å². The summed E-state index contributed by atoms with van der Waals surface area (Å²) in [5.74, 6) is 0.649. The van der Waals surface area contributed by atoms with Crippen LogP contribution in [0.3, 0.4) is 0 Å². The van der Waals surface area contributed by atoms with E-state index < -0.39 is 0 Å². The highest BCUT2D eigenvalue weighted by atomic mass is 15.1. The minimum atomic E-state index is 0.649. The van der Waals surface area contributed by atoms with E-state index in [9.17, 15) is 0 Å². The van der Waals surface area contributed by atoms with Gasteiger partial charge in [0.05, 0.1) is 0 Å². The molecule has 0 aromatic heterocycles. The quantitative estimate of drug-likeness (QED) is 0.675. The third-order valence-electron chi connectivity index (χ3n) is 3.14. The average Bonchev–Trinajstić information content (AvgIpc) is 2.18. The first-order valence-electron chi connectivity index (χ1n) is 5.57. The van der Waals surface area contributed by atoms with Gasteiger partial charge in [0.25, 0.3) is 0 Å². The van der Waals surface area contributed by atoms with Crippen molar-refractivity contribution < 1.29 is 0 Å². The fourth-order valence-corrected chi connectivity index (χ4v) is 2.34. The highest BCUT2D eigenvalue weighted by Gasteiger charge is 2.18. The van der Waals surface area contributed by atoms with Gasteiger partial charge in [0, 0.05) is 25.4 Å². The van der Waals surface area contributed by atoms with Crippen molar-refractivity contribution in [2.45, 2.75) is 20.3 Å². The molecule has 0 aliphatic heterocycles. The second-order valence-electron chi connectivity index (χ2n) is 4.73. The molecule has 1 unspecified atom stereocenters. The van der Waals surface area contributed by atoms with E-state index in [0.717, 1.165) is 0 Å². The van der Waals surface area contributed by atoms with Crippen LogP contribution in [0.5, 0.6) is 0 Å². The zero-order valence-corrected chi connectivity index (χ0v) is 10.0. The molecular weight excluding hydrogens is 182 g/mol. The molecule has 1 heteroatoms. The van der Waals surface area contributed by atoms with E-state index in [2.05, 4.69) is 57.1 Å². The summed E-state index contributed by atoms with van der Waals surface area (Å²) in [6.07, 6.45) is 3.56. The van der Waals surface area contributed by atoms with Crippen LogP contribution in [0.25, 0.3) is 5.70 Å². The molecule has 0 radical (unpaired) electrons. The first-order valence-corrected chi connectivity index (χ1v) is 5.57. The van der Waals surface area contributed by atoms with E-state index in [1.54, 1.807) is 0 Å². The largest absolute Gasteiger partial charge is 0.377 e. The van der Waals surface area contributed by atoms with Gasteiger partial charge in [-0.2, -0.15) is 0 Å². The fourth-order valence-electron chi connectivity index (χ4n) is 2.34. The maximum absolute atomic E-state index is 2.38. The Morgan fingerprint density at radius 3 is 2.67 bits per heavy atom. The molecule has 1 nitrogen and oxygen atoms in total. The maximum Gasteiger partial charge on any atom is 0.0399 e. The third-order valence-corrected chi connectivity index (χ3v) is 3.14. The summed E-state index contributed by atoms with van der Waals surface area (Å²) >= 11 is 0. The van der Waals surface area contributed by atoms with E-state index in [4.69, 9.17) is 0 Å². The highest BCUT2D eigenvalue weighted by Crippen LogP contribution is 2.31. The monoisotopic (exact) mass is 201 g/mol. The molecule has 0 saturated carbocycles. The van der Waals surface area contributed by atoms with Crippen molar-refractivity contribution in [3.05, 3.63) is 41.0 Å². The van der Waals surface area contributed by atoms with Crippen molar-refractivity contribution >= 4 is 5.70 Å². The zero-order valence-electron chi connectivity index (χ0n) is 10.0. The lowest BCUT2D eigenvalue weighted by Crippen LogP contribution is -2.18. The summed E-state index contributed by atoms with van der Waals surface area (Å²) in [4.78, 5) is 2.22. The smallest absolute Gasteiger partial charge is 0.0399 e. The van der Waals surface area contributed by atoms with E-state index in [-0.39, 0.29) is 0 Å². The Kier molecular flexibility index (Phi) is 2.56. The van der Waals surface area contributed by atoms with Gasteiger partial charge in [-0.05, 0) is 30.4 Å². The van der Waals surface area contributed by atoms with Crippen LogP contribution in [-0.2, 0) is 6.42 Å². The Morgan fingerprint density at radius 1 is 1.27 bits per heavy atom. The Balaban J connectivity index is 2.57. The SMILES string of the molecule is Cc1cccc2c1CC(C)C=C2N(C)C. The van der Waals surface area contributed by atoms with E-state index >= 15 is 0 Å². The van der Waals surface area contributed by atoms with Gasteiger partial charge in [-0.15, -0.1) is 0 Å². The Bertz CT molecular complexity index is 402. The van der Waals surface area contributed by atoms with Gasteiger partial charge >= 0.3 is 0 Å². The lowest BCUT2D eigenvalue weighted by molar-refractivity contribution is 0.570. The topological polar surface area (TPSA) is 3.24 Å². The normalized spacial score (nSPS) is 19.5. The molecular formula is C14H19N. The van der Waals surface area contributed by atoms with Crippen LogP contribution in [0.4, 0.5) is 0 Å².